The minimum Gasteiger partial charge on any atom is -0.253 e. The van der Waals surface area contributed by atoms with E-state index in [-0.39, 0.29) is 0 Å². The molecule has 0 unspecified atom stereocenters. The monoisotopic (exact) mass is 280 g/mol. The zero-order chi connectivity index (χ0) is 14.7. The largest absolute Gasteiger partial charge is 0.286 e. The molecule has 3 rings (SSSR count). The second-order valence-corrected chi connectivity index (χ2v) is 5.88. The van der Waals surface area contributed by atoms with Crippen molar-refractivity contribution in [2.45, 2.75) is 32.6 Å². The lowest BCUT2D eigenvalue weighted by atomic mass is 10.0. The highest BCUT2D eigenvalue weighted by atomic mass is 15.0. The van der Waals surface area contributed by atoms with Gasteiger partial charge in [0.25, 0.3) is 6.33 Å². The van der Waals surface area contributed by atoms with Crippen LogP contribution in [-0.4, -0.2) is 11.2 Å². The Morgan fingerprint density at radius 1 is 1.24 bits per heavy atom. The van der Waals surface area contributed by atoms with Gasteiger partial charge in [-0.1, -0.05) is 42.1 Å². The smallest absolute Gasteiger partial charge is 0.253 e. The first kappa shape index (κ1) is 13.9. The Morgan fingerprint density at radius 2 is 2.00 bits per heavy atom. The molecule has 0 N–H and O–H groups in total. The van der Waals surface area contributed by atoms with Gasteiger partial charge in [0.05, 0.1) is 7.05 Å². The van der Waals surface area contributed by atoms with Crippen LogP contribution in [-0.2, 0) is 7.05 Å². The summed E-state index contributed by atoms with van der Waals surface area (Å²) in [7, 11) is 2.03. The van der Waals surface area contributed by atoms with Crippen LogP contribution in [0.4, 0.5) is 5.69 Å². The topological polar surface area (TPSA) is 29.1 Å². The number of aryl methyl sites for hydroxylation is 2. The zero-order valence-corrected chi connectivity index (χ0v) is 12.8. The van der Waals surface area contributed by atoms with Crippen molar-refractivity contribution in [3.05, 3.63) is 42.4 Å². The first-order valence-electron chi connectivity index (χ1n) is 7.69. The summed E-state index contributed by atoms with van der Waals surface area (Å²) in [6.07, 6.45) is 11.1. The highest BCUT2D eigenvalue weighted by Crippen LogP contribution is 2.29. The van der Waals surface area contributed by atoms with Crippen LogP contribution in [0.2, 0.25) is 0 Å². The average Bonchev–Trinajstić information content (AvgIpc) is 3.00. The van der Waals surface area contributed by atoms with E-state index >= 15 is 0 Å². The molecule has 1 aromatic heterocycles. The Morgan fingerprint density at radius 3 is 2.76 bits per heavy atom. The summed E-state index contributed by atoms with van der Waals surface area (Å²) >= 11 is 0. The first-order chi connectivity index (χ1) is 10.3. The van der Waals surface area contributed by atoms with Crippen LogP contribution >= 0.6 is 0 Å². The summed E-state index contributed by atoms with van der Waals surface area (Å²) in [5.74, 6) is 0.639. The van der Waals surface area contributed by atoms with E-state index in [1.165, 1.54) is 36.8 Å². The quantitative estimate of drug-likeness (QED) is 0.621. The van der Waals surface area contributed by atoms with Gasteiger partial charge < -0.3 is 0 Å². The molecule has 3 nitrogen and oxygen atoms in total. The third-order valence-corrected chi connectivity index (χ3v) is 4.26. The average molecular weight is 280 g/mol. The highest BCUT2D eigenvalue weighted by Gasteiger charge is 2.17. The molecular weight excluding hydrogens is 258 g/mol. The summed E-state index contributed by atoms with van der Waals surface area (Å²) in [4.78, 5) is 9.05. The second kappa shape index (κ2) is 6.17. The molecule has 1 heterocycles. The molecule has 0 bridgehead atoms. The van der Waals surface area contributed by atoms with E-state index in [1.54, 1.807) is 0 Å². The van der Waals surface area contributed by atoms with Crippen LogP contribution in [0.5, 0.6) is 0 Å². The van der Waals surface area contributed by atoms with E-state index in [2.05, 4.69) is 47.0 Å². The van der Waals surface area contributed by atoms with Crippen molar-refractivity contribution in [2.24, 2.45) is 18.0 Å². The molecule has 0 radical (unpaired) electrons. The predicted molar refractivity (Wildman–Crippen MR) is 85.7 cm³/mol. The van der Waals surface area contributed by atoms with Gasteiger partial charge in [0.2, 0.25) is 0 Å². The van der Waals surface area contributed by atoms with Gasteiger partial charge in [0.15, 0.2) is 17.6 Å². The molecule has 21 heavy (non-hydrogen) atoms. The van der Waals surface area contributed by atoms with Crippen molar-refractivity contribution < 1.29 is 4.57 Å². The van der Waals surface area contributed by atoms with Gasteiger partial charge in [-0.3, -0.25) is 4.99 Å². The van der Waals surface area contributed by atoms with Crippen molar-refractivity contribution in [2.75, 3.05) is 0 Å². The number of aliphatic imine (C=N–C) groups is 1. The van der Waals surface area contributed by atoms with Gasteiger partial charge in [-0.15, -0.1) is 0 Å². The van der Waals surface area contributed by atoms with E-state index in [0.717, 1.165) is 11.4 Å². The van der Waals surface area contributed by atoms with Crippen LogP contribution < -0.4 is 4.57 Å². The lowest BCUT2D eigenvalue weighted by Crippen LogP contribution is -2.31. The first-order valence-corrected chi connectivity index (χ1v) is 7.69. The van der Waals surface area contributed by atoms with Gasteiger partial charge in [-0.2, -0.15) is 0 Å². The fraction of sp³-hybridized carbons (Fsp3) is 0.389. The second-order valence-electron chi connectivity index (χ2n) is 5.88. The van der Waals surface area contributed by atoms with Crippen LogP contribution in [0.1, 0.15) is 31.2 Å². The zero-order valence-electron chi connectivity index (χ0n) is 12.8. The lowest BCUT2D eigenvalue weighted by molar-refractivity contribution is -0.663. The standard InChI is InChI=1S/C18H22N3/c1-14-7-3-6-10-16(14)18-17(12-19-13-21(18)2)20-11-15-8-4-5-9-15/h3,6-7,10-13,15H,4-5,8-9H2,1-2H3/q+1. The maximum absolute atomic E-state index is 4.76. The van der Waals surface area contributed by atoms with Crippen molar-refractivity contribution >= 4 is 11.9 Å². The summed E-state index contributed by atoms with van der Waals surface area (Å²) in [6, 6.07) is 8.44. The molecule has 1 aliphatic rings. The maximum atomic E-state index is 4.76. The number of rotatable bonds is 3. The van der Waals surface area contributed by atoms with Gasteiger partial charge in [0, 0.05) is 11.8 Å². The number of benzene rings is 1. The molecule has 0 atom stereocenters. The minimum absolute atomic E-state index is 0.639. The van der Waals surface area contributed by atoms with Crippen LogP contribution in [0, 0.1) is 12.8 Å². The Bertz CT molecular complexity index is 655. The van der Waals surface area contributed by atoms with Crippen LogP contribution in [0.15, 0.2) is 41.8 Å². The fourth-order valence-corrected chi connectivity index (χ4v) is 3.06. The molecule has 1 aliphatic carbocycles. The molecule has 0 saturated heterocycles. The molecular formula is C18H22N3+. The summed E-state index contributed by atoms with van der Waals surface area (Å²) in [5, 5.41) is 0. The van der Waals surface area contributed by atoms with Crippen molar-refractivity contribution in [3.63, 3.8) is 0 Å². The Kier molecular flexibility index (Phi) is 4.09. The molecule has 2 aromatic rings. The third-order valence-electron chi connectivity index (χ3n) is 4.26. The Labute approximate surface area is 126 Å². The van der Waals surface area contributed by atoms with E-state index in [9.17, 15) is 0 Å². The number of nitrogens with zero attached hydrogens (tertiary/aromatic N) is 3. The summed E-state index contributed by atoms with van der Waals surface area (Å²) in [5.41, 5.74) is 4.58. The molecule has 3 heteroatoms. The molecule has 1 fully saturated rings. The predicted octanol–water partition coefficient (Wildman–Crippen LogP) is 3.77. The van der Waals surface area contributed by atoms with Gasteiger partial charge >= 0.3 is 0 Å². The van der Waals surface area contributed by atoms with Crippen LogP contribution in [0.25, 0.3) is 11.3 Å². The Hall–Kier alpha value is -2.03. The molecule has 0 amide bonds. The molecule has 1 saturated carbocycles. The van der Waals surface area contributed by atoms with Crippen molar-refractivity contribution in [1.29, 1.82) is 0 Å². The van der Waals surface area contributed by atoms with Crippen molar-refractivity contribution in [3.8, 4) is 11.3 Å². The fourth-order valence-electron chi connectivity index (χ4n) is 3.06. The van der Waals surface area contributed by atoms with E-state index in [0.29, 0.717) is 5.92 Å². The Balaban J connectivity index is 2.01. The van der Waals surface area contributed by atoms with E-state index in [1.807, 2.05) is 19.6 Å². The normalized spacial score (nSPS) is 15.9. The molecule has 108 valence electrons. The molecule has 0 aliphatic heterocycles. The third kappa shape index (κ3) is 3.02. The van der Waals surface area contributed by atoms with Gasteiger partial charge in [-0.05, 0) is 31.2 Å². The molecule has 0 spiro atoms. The van der Waals surface area contributed by atoms with E-state index in [4.69, 9.17) is 4.99 Å². The highest BCUT2D eigenvalue weighted by molar-refractivity contribution is 5.75. The maximum Gasteiger partial charge on any atom is 0.286 e. The minimum atomic E-state index is 0.639. The lowest BCUT2D eigenvalue weighted by Gasteiger charge is -2.08. The number of hydrogen-bond donors (Lipinski definition) is 0. The summed E-state index contributed by atoms with van der Waals surface area (Å²) < 4.78 is 2.06. The van der Waals surface area contributed by atoms with Gasteiger partial charge in [-0.25, -0.2) is 4.57 Å². The van der Waals surface area contributed by atoms with Crippen LogP contribution in [0.3, 0.4) is 0 Å². The summed E-state index contributed by atoms with van der Waals surface area (Å²) in [6.45, 7) is 2.14. The number of aromatic nitrogens is 2. The SMILES string of the molecule is Cc1ccccc1-c1c(N=CC2CCCC2)cnc[n+]1C. The van der Waals surface area contributed by atoms with Gasteiger partial charge in [0.1, 0.15) is 0 Å². The number of hydrogen-bond acceptors (Lipinski definition) is 2. The van der Waals surface area contributed by atoms with Crippen molar-refractivity contribution in [1.82, 2.24) is 4.98 Å². The van der Waals surface area contributed by atoms with E-state index < -0.39 is 0 Å². The molecule has 1 aromatic carbocycles.